The van der Waals surface area contributed by atoms with E-state index in [1.807, 2.05) is 0 Å². The number of nitrogens with two attached hydrogens (primary N) is 1. The minimum absolute atomic E-state index is 0.0585. The molecule has 0 radical (unpaired) electrons. The van der Waals surface area contributed by atoms with Crippen LogP contribution in [0.3, 0.4) is 0 Å². The Labute approximate surface area is 95.6 Å². The van der Waals surface area contributed by atoms with E-state index in [4.69, 9.17) is 5.73 Å². The lowest BCUT2D eigenvalue weighted by atomic mass is 10.2. The first-order chi connectivity index (χ1) is 7.15. The van der Waals surface area contributed by atoms with Crippen LogP contribution >= 0.6 is 15.9 Å². The molecule has 1 unspecified atom stereocenters. The molecule has 80 valence electrons. The molecule has 0 spiro atoms. The molecule has 2 heterocycles. The molecule has 2 rings (SSSR count). The van der Waals surface area contributed by atoms with Crippen LogP contribution in [-0.4, -0.2) is 23.5 Å². The number of anilines is 2. The summed E-state index contributed by atoms with van der Waals surface area (Å²) in [6.07, 6.45) is 2.14. The number of carbonyl (C=O) groups is 1. The highest BCUT2D eigenvalue weighted by Gasteiger charge is 2.21. The van der Waals surface area contributed by atoms with Crippen LogP contribution in [0.25, 0.3) is 0 Å². The van der Waals surface area contributed by atoms with Crippen molar-refractivity contribution in [2.45, 2.75) is 12.5 Å². The first-order valence-electron chi connectivity index (χ1n) is 4.59. The number of amides is 1. The van der Waals surface area contributed by atoms with Gasteiger partial charge in [0.25, 0.3) is 0 Å². The predicted octanol–water partition coefficient (Wildman–Crippen LogP) is 0.727. The Morgan fingerprint density at radius 3 is 3.07 bits per heavy atom. The number of halogens is 1. The fraction of sp³-hybridized carbons (Fsp3) is 0.333. The maximum absolute atomic E-state index is 11.0. The first kappa shape index (κ1) is 10.2. The number of nitrogens with zero attached hydrogens (tertiary/aromatic N) is 1. The molecule has 15 heavy (non-hydrogen) atoms. The van der Waals surface area contributed by atoms with Gasteiger partial charge >= 0.3 is 0 Å². The van der Waals surface area contributed by atoms with Gasteiger partial charge in [0.05, 0.1) is 11.7 Å². The third-order valence-electron chi connectivity index (χ3n) is 2.20. The van der Waals surface area contributed by atoms with Crippen LogP contribution in [0.2, 0.25) is 0 Å². The molecule has 1 atom stereocenters. The second-order valence-electron chi connectivity index (χ2n) is 3.44. The molecule has 5 nitrogen and oxygen atoms in total. The largest absolute Gasteiger partial charge is 0.396 e. The van der Waals surface area contributed by atoms with Crippen molar-refractivity contribution in [3.63, 3.8) is 0 Å². The minimum Gasteiger partial charge on any atom is -0.396 e. The van der Waals surface area contributed by atoms with Crippen molar-refractivity contribution in [3.05, 3.63) is 16.7 Å². The van der Waals surface area contributed by atoms with E-state index in [1.165, 1.54) is 0 Å². The molecule has 0 saturated carbocycles. The van der Waals surface area contributed by atoms with Crippen LogP contribution in [0.1, 0.15) is 6.42 Å². The topological polar surface area (TPSA) is 80.0 Å². The third-order valence-corrected chi connectivity index (χ3v) is 2.64. The lowest BCUT2D eigenvalue weighted by molar-refractivity contribution is -0.119. The van der Waals surface area contributed by atoms with Gasteiger partial charge in [-0.25, -0.2) is 4.98 Å². The summed E-state index contributed by atoms with van der Waals surface area (Å²) in [4.78, 5) is 15.1. The van der Waals surface area contributed by atoms with E-state index in [0.717, 1.165) is 4.47 Å². The average Bonchev–Trinajstić information content (AvgIpc) is 2.56. The molecule has 1 aliphatic heterocycles. The Morgan fingerprint density at radius 1 is 1.67 bits per heavy atom. The van der Waals surface area contributed by atoms with E-state index in [9.17, 15) is 4.79 Å². The zero-order valence-corrected chi connectivity index (χ0v) is 9.54. The lowest BCUT2D eigenvalue weighted by Gasteiger charge is -2.12. The molecular weight excluding hydrogens is 260 g/mol. The quantitative estimate of drug-likeness (QED) is 0.740. The van der Waals surface area contributed by atoms with Crippen LogP contribution in [0.15, 0.2) is 16.7 Å². The summed E-state index contributed by atoms with van der Waals surface area (Å²) in [5.41, 5.74) is 6.35. The molecule has 1 amide bonds. The van der Waals surface area contributed by atoms with Crippen molar-refractivity contribution >= 4 is 33.3 Å². The second-order valence-corrected chi connectivity index (χ2v) is 4.36. The molecule has 4 N–H and O–H groups in total. The Hall–Kier alpha value is -1.30. The SMILES string of the molecule is Nc1cc(Br)cnc1NC1CNC(=O)C1. The van der Waals surface area contributed by atoms with Crippen molar-refractivity contribution < 1.29 is 4.79 Å². The van der Waals surface area contributed by atoms with Crippen LogP contribution in [0.5, 0.6) is 0 Å². The Bertz CT molecular complexity index is 396. The van der Waals surface area contributed by atoms with Gasteiger partial charge in [0.1, 0.15) is 5.82 Å². The number of aromatic nitrogens is 1. The molecule has 1 fully saturated rings. The van der Waals surface area contributed by atoms with Crippen molar-refractivity contribution in [1.82, 2.24) is 10.3 Å². The highest BCUT2D eigenvalue weighted by molar-refractivity contribution is 9.10. The minimum atomic E-state index is 0.0585. The van der Waals surface area contributed by atoms with Gasteiger partial charge in [0.15, 0.2) is 0 Å². The van der Waals surface area contributed by atoms with Crippen molar-refractivity contribution in [3.8, 4) is 0 Å². The van der Waals surface area contributed by atoms with Gasteiger partial charge < -0.3 is 16.4 Å². The number of pyridine rings is 1. The summed E-state index contributed by atoms with van der Waals surface area (Å²) in [5, 5.41) is 5.87. The Morgan fingerprint density at radius 2 is 2.47 bits per heavy atom. The molecule has 1 aliphatic rings. The van der Waals surface area contributed by atoms with Gasteiger partial charge in [-0.3, -0.25) is 4.79 Å². The monoisotopic (exact) mass is 270 g/mol. The van der Waals surface area contributed by atoms with Gasteiger partial charge in [-0.15, -0.1) is 0 Å². The molecule has 0 bridgehead atoms. The first-order valence-corrected chi connectivity index (χ1v) is 5.38. The zero-order valence-electron chi connectivity index (χ0n) is 7.96. The van der Waals surface area contributed by atoms with E-state index in [-0.39, 0.29) is 11.9 Å². The van der Waals surface area contributed by atoms with E-state index in [1.54, 1.807) is 12.3 Å². The Kier molecular flexibility index (Phi) is 2.77. The molecule has 6 heteroatoms. The molecule has 1 saturated heterocycles. The fourth-order valence-electron chi connectivity index (χ4n) is 1.48. The van der Waals surface area contributed by atoms with Crippen molar-refractivity contribution in [2.75, 3.05) is 17.6 Å². The molecule has 1 aromatic heterocycles. The number of rotatable bonds is 2. The average molecular weight is 271 g/mol. The maximum atomic E-state index is 11.0. The summed E-state index contributed by atoms with van der Waals surface area (Å²) in [5.74, 6) is 0.683. The molecule has 0 aromatic carbocycles. The standard InChI is InChI=1S/C9H11BrN4O/c10-5-1-7(11)9(13-3-5)14-6-2-8(15)12-4-6/h1,3,6H,2,4,11H2,(H,12,15)(H,13,14). The second kappa shape index (κ2) is 4.06. The van der Waals surface area contributed by atoms with Crippen molar-refractivity contribution in [2.24, 2.45) is 0 Å². The number of nitrogens with one attached hydrogen (secondary N) is 2. The van der Waals surface area contributed by atoms with Crippen LogP contribution < -0.4 is 16.4 Å². The van der Waals surface area contributed by atoms with Gasteiger partial charge in [-0.1, -0.05) is 0 Å². The normalized spacial score (nSPS) is 20.1. The molecule has 0 aliphatic carbocycles. The van der Waals surface area contributed by atoms with E-state index >= 15 is 0 Å². The molecular formula is C9H11BrN4O. The van der Waals surface area contributed by atoms with E-state index in [0.29, 0.717) is 24.5 Å². The van der Waals surface area contributed by atoms with E-state index in [2.05, 4.69) is 31.5 Å². The lowest BCUT2D eigenvalue weighted by Crippen LogP contribution is -2.23. The summed E-state index contributed by atoms with van der Waals surface area (Å²) in [6, 6.07) is 1.85. The summed E-state index contributed by atoms with van der Waals surface area (Å²) >= 11 is 3.28. The molecule has 1 aromatic rings. The smallest absolute Gasteiger partial charge is 0.222 e. The highest BCUT2D eigenvalue weighted by Crippen LogP contribution is 2.21. The van der Waals surface area contributed by atoms with Crippen LogP contribution in [0, 0.1) is 0 Å². The zero-order chi connectivity index (χ0) is 10.8. The van der Waals surface area contributed by atoms with Crippen LogP contribution in [-0.2, 0) is 4.79 Å². The van der Waals surface area contributed by atoms with Gasteiger partial charge in [-0.2, -0.15) is 0 Å². The fourth-order valence-corrected chi connectivity index (χ4v) is 1.83. The number of hydrogen-bond acceptors (Lipinski definition) is 4. The third kappa shape index (κ3) is 2.38. The maximum Gasteiger partial charge on any atom is 0.222 e. The summed E-state index contributed by atoms with van der Waals surface area (Å²) in [6.45, 7) is 0.621. The van der Waals surface area contributed by atoms with Crippen LogP contribution in [0.4, 0.5) is 11.5 Å². The van der Waals surface area contributed by atoms with Crippen molar-refractivity contribution in [1.29, 1.82) is 0 Å². The van der Waals surface area contributed by atoms with Gasteiger partial charge in [0.2, 0.25) is 5.91 Å². The highest BCUT2D eigenvalue weighted by atomic mass is 79.9. The predicted molar refractivity (Wildman–Crippen MR) is 61.4 cm³/mol. The summed E-state index contributed by atoms with van der Waals surface area (Å²) in [7, 11) is 0. The number of hydrogen-bond donors (Lipinski definition) is 3. The number of carbonyl (C=O) groups excluding carboxylic acids is 1. The van der Waals surface area contributed by atoms with Gasteiger partial charge in [0, 0.05) is 23.6 Å². The number of nitrogen functional groups attached to an aromatic ring is 1. The Balaban J connectivity index is 2.07. The summed E-state index contributed by atoms with van der Waals surface area (Å²) < 4.78 is 0.839. The van der Waals surface area contributed by atoms with E-state index < -0.39 is 0 Å². The van der Waals surface area contributed by atoms with Gasteiger partial charge in [-0.05, 0) is 22.0 Å².